The van der Waals surface area contributed by atoms with E-state index in [2.05, 4.69) is 11.9 Å². The largest absolute Gasteiger partial charge is 0.493 e. The predicted molar refractivity (Wildman–Crippen MR) is 111 cm³/mol. The normalized spacial score (nSPS) is 15.4. The number of para-hydroxylation sites is 1. The molecule has 1 aliphatic heterocycles. The molecule has 142 valence electrons. The summed E-state index contributed by atoms with van der Waals surface area (Å²) in [5.74, 6) is -0.0228. The Hall–Kier alpha value is -3.45. The van der Waals surface area contributed by atoms with Gasteiger partial charge in [0, 0.05) is 0 Å². The number of carbonyl (C=O) groups excluding carboxylic acids is 2. The zero-order valence-electron chi connectivity index (χ0n) is 15.2. The molecule has 1 N–H and O–H groups in total. The molecule has 6 nitrogen and oxygen atoms in total. The minimum absolute atomic E-state index is 0.0285. The van der Waals surface area contributed by atoms with Gasteiger partial charge in [0.05, 0.1) is 12.8 Å². The van der Waals surface area contributed by atoms with Gasteiger partial charge in [0.2, 0.25) is 0 Å². The third kappa shape index (κ3) is 3.94. The quantitative estimate of drug-likeness (QED) is 0.353. The third-order valence-electron chi connectivity index (χ3n) is 3.97. The number of ether oxygens (including phenoxy) is 2. The Morgan fingerprint density at radius 2 is 1.89 bits per heavy atom. The second-order valence-corrected chi connectivity index (χ2v) is 6.19. The van der Waals surface area contributed by atoms with Crippen LogP contribution in [0.1, 0.15) is 5.56 Å². The van der Waals surface area contributed by atoms with Gasteiger partial charge in [-0.2, -0.15) is 0 Å². The number of benzene rings is 2. The van der Waals surface area contributed by atoms with Gasteiger partial charge in [-0.1, -0.05) is 36.9 Å². The lowest BCUT2D eigenvalue weighted by molar-refractivity contribution is -0.122. The van der Waals surface area contributed by atoms with Crippen molar-refractivity contribution >= 4 is 40.9 Å². The van der Waals surface area contributed by atoms with Crippen molar-refractivity contribution in [3.05, 3.63) is 72.3 Å². The fraction of sp³-hybridized carbons (Fsp3) is 0.0952. The number of methoxy groups -OCH3 is 1. The number of carbonyl (C=O) groups is 2. The maximum absolute atomic E-state index is 13.0. The molecule has 0 unspecified atom stereocenters. The van der Waals surface area contributed by atoms with E-state index in [1.54, 1.807) is 48.5 Å². The zero-order chi connectivity index (χ0) is 20.1. The first-order valence-electron chi connectivity index (χ1n) is 8.43. The minimum atomic E-state index is -0.548. The van der Waals surface area contributed by atoms with Crippen molar-refractivity contribution in [3.8, 4) is 11.5 Å². The van der Waals surface area contributed by atoms with Crippen molar-refractivity contribution < 1.29 is 19.1 Å². The highest BCUT2D eigenvalue weighted by Crippen LogP contribution is 2.30. The molecule has 2 aromatic rings. The summed E-state index contributed by atoms with van der Waals surface area (Å²) in [6.45, 7) is 3.94. The van der Waals surface area contributed by atoms with Crippen LogP contribution in [0.2, 0.25) is 0 Å². The van der Waals surface area contributed by atoms with Crippen LogP contribution in [-0.2, 0) is 9.59 Å². The smallest absolute Gasteiger partial charge is 0.270 e. The molecule has 0 aromatic heterocycles. The fourth-order valence-electron chi connectivity index (χ4n) is 2.68. The molecular formula is C21H18N2O4S. The Morgan fingerprint density at radius 1 is 1.14 bits per heavy atom. The molecule has 0 aliphatic carbocycles. The number of anilines is 1. The van der Waals surface area contributed by atoms with E-state index in [9.17, 15) is 9.59 Å². The number of hydrogen-bond donors (Lipinski definition) is 1. The molecule has 7 heteroatoms. The van der Waals surface area contributed by atoms with E-state index in [0.717, 1.165) is 0 Å². The predicted octanol–water partition coefficient (Wildman–Crippen LogP) is 3.09. The van der Waals surface area contributed by atoms with Gasteiger partial charge in [-0.05, 0) is 48.1 Å². The van der Waals surface area contributed by atoms with Gasteiger partial charge >= 0.3 is 0 Å². The SMILES string of the molecule is C=CCOc1ccc(C=C2C(=O)NC(=S)N(c3ccccc3)C2=O)cc1OC. The highest BCUT2D eigenvalue weighted by molar-refractivity contribution is 7.80. The molecule has 28 heavy (non-hydrogen) atoms. The van der Waals surface area contributed by atoms with Crippen LogP contribution < -0.4 is 19.7 Å². The molecule has 1 aliphatic rings. The minimum Gasteiger partial charge on any atom is -0.493 e. The first kappa shape index (κ1) is 19.3. The van der Waals surface area contributed by atoms with Crippen LogP contribution in [0, 0.1) is 0 Å². The summed E-state index contributed by atoms with van der Waals surface area (Å²) in [7, 11) is 1.51. The van der Waals surface area contributed by atoms with E-state index in [0.29, 0.717) is 29.4 Å². The fourth-order valence-corrected chi connectivity index (χ4v) is 2.96. The molecule has 0 radical (unpaired) electrons. The van der Waals surface area contributed by atoms with Crippen LogP contribution in [-0.4, -0.2) is 30.6 Å². The average Bonchev–Trinajstić information content (AvgIpc) is 2.70. The average molecular weight is 394 g/mol. The lowest BCUT2D eigenvalue weighted by Gasteiger charge is -2.28. The van der Waals surface area contributed by atoms with E-state index < -0.39 is 11.8 Å². The summed E-state index contributed by atoms with van der Waals surface area (Å²) < 4.78 is 10.8. The molecule has 1 heterocycles. The van der Waals surface area contributed by atoms with Gasteiger partial charge in [0.15, 0.2) is 16.6 Å². The van der Waals surface area contributed by atoms with Crippen molar-refractivity contribution in [1.29, 1.82) is 0 Å². The van der Waals surface area contributed by atoms with E-state index in [4.69, 9.17) is 21.7 Å². The molecule has 0 saturated carbocycles. The molecule has 2 amide bonds. The summed E-state index contributed by atoms with van der Waals surface area (Å²) >= 11 is 5.18. The molecular weight excluding hydrogens is 376 g/mol. The summed E-state index contributed by atoms with van der Waals surface area (Å²) in [6, 6.07) is 14.0. The summed E-state index contributed by atoms with van der Waals surface area (Å²) in [5, 5.41) is 2.60. The van der Waals surface area contributed by atoms with Gasteiger partial charge in [0.25, 0.3) is 11.8 Å². The maximum Gasteiger partial charge on any atom is 0.270 e. The van der Waals surface area contributed by atoms with Crippen molar-refractivity contribution in [3.63, 3.8) is 0 Å². The Balaban J connectivity index is 1.96. The Labute approximate surface area is 168 Å². The van der Waals surface area contributed by atoms with Crippen molar-refractivity contribution in [2.24, 2.45) is 0 Å². The molecule has 1 saturated heterocycles. The highest BCUT2D eigenvalue weighted by atomic mass is 32.1. The number of rotatable bonds is 6. The van der Waals surface area contributed by atoms with Gasteiger partial charge < -0.3 is 9.47 Å². The third-order valence-corrected chi connectivity index (χ3v) is 4.26. The molecule has 0 bridgehead atoms. The number of nitrogens with one attached hydrogen (secondary N) is 1. The van der Waals surface area contributed by atoms with Crippen LogP contribution in [0.5, 0.6) is 11.5 Å². The molecule has 0 spiro atoms. The van der Waals surface area contributed by atoms with Gasteiger partial charge in [-0.3, -0.25) is 19.8 Å². The van der Waals surface area contributed by atoms with Gasteiger partial charge in [0.1, 0.15) is 12.2 Å². The standard InChI is InChI=1S/C21H18N2O4S/c1-3-11-27-17-10-9-14(13-18(17)26-2)12-16-19(24)22-21(28)23(20(16)25)15-7-5-4-6-8-15/h3-10,12-13H,1,11H2,2H3,(H,22,24,28). The number of amides is 2. The highest BCUT2D eigenvalue weighted by Gasteiger charge is 2.34. The Kier molecular flexibility index (Phi) is 5.86. The summed E-state index contributed by atoms with van der Waals surface area (Å²) in [6.07, 6.45) is 3.12. The van der Waals surface area contributed by atoms with Gasteiger partial charge in [-0.25, -0.2) is 0 Å². The second-order valence-electron chi connectivity index (χ2n) is 5.80. The maximum atomic E-state index is 13.0. The molecule has 2 aromatic carbocycles. The summed E-state index contributed by atoms with van der Waals surface area (Å²) in [4.78, 5) is 26.6. The lowest BCUT2D eigenvalue weighted by atomic mass is 10.1. The van der Waals surface area contributed by atoms with E-state index >= 15 is 0 Å². The zero-order valence-corrected chi connectivity index (χ0v) is 16.0. The van der Waals surface area contributed by atoms with E-state index in [1.165, 1.54) is 18.1 Å². The second kappa shape index (κ2) is 8.49. The number of thiocarbonyl (C=S) groups is 1. The molecule has 3 rings (SSSR count). The van der Waals surface area contributed by atoms with Crippen LogP contribution in [0.4, 0.5) is 5.69 Å². The Bertz CT molecular complexity index is 970. The van der Waals surface area contributed by atoms with Crippen LogP contribution in [0.15, 0.2) is 66.8 Å². The molecule has 0 atom stereocenters. The topological polar surface area (TPSA) is 67.9 Å². The van der Waals surface area contributed by atoms with Crippen LogP contribution >= 0.6 is 12.2 Å². The first-order valence-corrected chi connectivity index (χ1v) is 8.84. The van der Waals surface area contributed by atoms with Crippen molar-refractivity contribution in [1.82, 2.24) is 5.32 Å². The van der Waals surface area contributed by atoms with Crippen LogP contribution in [0.25, 0.3) is 6.08 Å². The molecule has 1 fully saturated rings. The Morgan fingerprint density at radius 3 is 2.57 bits per heavy atom. The van der Waals surface area contributed by atoms with Crippen molar-refractivity contribution in [2.45, 2.75) is 0 Å². The summed E-state index contributed by atoms with van der Waals surface area (Å²) in [5.41, 5.74) is 1.16. The number of hydrogen-bond acceptors (Lipinski definition) is 5. The number of nitrogens with zero attached hydrogens (tertiary/aromatic N) is 1. The lowest BCUT2D eigenvalue weighted by Crippen LogP contribution is -2.54. The van der Waals surface area contributed by atoms with Crippen LogP contribution in [0.3, 0.4) is 0 Å². The van der Waals surface area contributed by atoms with E-state index in [-0.39, 0.29) is 10.7 Å². The monoisotopic (exact) mass is 394 g/mol. The van der Waals surface area contributed by atoms with E-state index in [1.807, 2.05) is 6.07 Å². The van der Waals surface area contributed by atoms with Crippen molar-refractivity contribution in [2.75, 3.05) is 18.6 Å². The van der Waals surface area contributed by atoms with Gasteiger partial charge in [-0.15, -0.1) is 0 Å². The first-order chi connectivity index (χ1) is 13.5.